The Morgan fingerprint density at radius 2 is 1.69 bits per heavy atom. The number of likely N-dealkylation sites (tertiary alicyclic amines) is 2. The topological polar surface area (TPSA) is 101 Å². The Bertz CT molecular complexity index is 2120. The van der Waals surface area contributed by atoms with Crippen LogP contribution in [0.2, 0.25) is 5.02 Å². The lowest BCUT2D eigenvalue weighted by Crippen LogP contribution is -2.61. The van der Waals surface area contributed by atoms with E-state index in [-0.39, 0.29) is 11.9 Å². The summed E-state index contributed by atoms with van der Waals surface area (Å²) in [6.45, 7) is 17.2. The summed E-state index contributed by atoms with van der Waals surface area (Å²) in [6, 6.07) is 16.7. The van der Waals surface area contributed by atoms with Crippen LogP contribution >= 0.6 is 22.9 Å². The second-order valence-electron chi connectivity index (χ2n) is 15.3. The molecule has 2 saturated heterocycles. The van der Waals surface area contributed by atoms with Crippen LogP contribution in [0.4, 0.5) is 0 Å². The Kier molecular flexibility index (Phi) is 9.50. The summed E-state index contributed by atoms with van der Waals surface area (Å²) in [7, 11) is 0. The van der Waals surface area contributed by atoms with Gasteiger partial charge >= 0.3 is 5.97 Å². The Labute approximate surface area is 308 Å². The molecule has 2 aromatic heterocycles. The average Bonchev–Trinajstić information content (AvgIpc) is 3.64. The molecule has 268 valence electrons. The van der Waals surface area contributed by atoms with Crippen LogP contribution in [0.3, 0.4) is 0 Å². The molecule has 0 radical (unpaired) electrons. The molecule has 3 aromatic carbocycles. The Morgan fingerprint density at radius 3 is 2.29 bits per heavy atom. The Hall–Kier alpha value is -3.83. The Morgan fingerprint density at radius 1 is 1.02 bits per heavy atom. The van der Waals surface area contributed by atoms with Gasteiger partial charge in [0.15, 0.2) is 6.10 Å². The van der Waals surface area contributed by atoms with Gasteiger partial charge in [0.25, 0.3) is 0 Å². The molecule has 2 aliphatic heterocycles. The molecule has 2 aliphatic rings. The maximum absolute atomic E-state index is 12.8. The van der Waals surface area contributed by atoms with E-state index in [0.717, 1.165) is 93.1 Å². The average molecular weight is 728 g/mol. The molecule has 0 unspecified atom stereocenters. The molecular weight excluding hydrogens is 682 g/mol. The number of carbonyl (C=O) groups is 2. The third-order valence-corrected chi connectivity index (χ3v) is 11.6. The van der Waals surface area contributed by atoms with Crippen molar-refractivity contribution in [3.63, 3.8) is 0 Å². The number of hydrogen-bond donors (Lipinski definition) is 1. The van der Waals surface area contributed by atoms with Gasteiger partial charge in [-0.2, -0.15) is 5.10 Å². The van der Waals surface area contributed by atoms with Crippen molar-refractivity contribution in [2.24, 2.45) is 0 Å². The lowest BCUT2D eigenvalue weighted by Gasteiger charge is -2.47. The standard InChI is InChI=1S/C40H46ClN5O4S/c1-22(2)46-32-13-10-27(19-30(32)35(43-46)26-14-16-44(17-15-26)29-20-45(21-29)24(4)47)38-42-31-18-23(3)33(36(39(48)49)50-40(5,6)7)34(37(31)51-38)25-8-11-28(41)12-9-25/h8-13,18-19,22,26,29,36H,14-17,20-21H2,1-7H3,(H,48,49)/t36-/m0/s1. The van der Waals surface area contributed by atoms with E-state index in [1.807, 2.05) is 62.9 Å². The van der Waals surface area contributed by atoms with Crippen LogP contribution < -0.4 is 0 Å². The fourth-order valence-corrected chi connectivity index (χ4v) is 8.88. The maximum Gasteiger partial charge on any atom is 0.337 e. The summed E-state index contributed by atoms with van der Waals surface area (Å²) in [5.74, 6) is -0.536. The zero-order valence-corrected chi connectivity index (χ0v) is 31.9. The van der Waals surface area contributed by atoms with Gasteiger partial charge < -0.3 is 14.7 Å². The third kappa shape index (κ3) is 6.91. The molecule has 51 heavy (non-hydrogen) atoms. The van der Waals surface area contributed by atoms with Gasteiger partial charge in [0.05, 0.1) is 27.0 Å². The number of carboxylic acids is 1. The summed E-state index contributed by atoms with van der Waals surface area (Å²) in [4.78, 5) is 34.2. The summed E-state index contributed by atoms with van der Waals surface area (Å²) >= 11 is 7.87. The molecule has 2 fully saturated rings. The molecule has 0 aliphatic carbocycles. The van der Waals surface area contributed by atoms with Gasteiger partial charge in [0.1, 0.15) is 5.01 Å². The maximum atomic E-state index is 12.8. The fraction of sp³-hybridized carbons (Fsp3) is 0.450. The minimum Gasteiger partial charge on any atom is -0.479 e. The van der Waals surface area contributed by atoms with Crippen molar-refractivity contribution in [2.45, 2.75) is 91.0 Å². The molecule has 4 heterocycles. The van der Waals surface area contributed by atoms with E-state index in [9.17, 15) is 14.7 Å². The first kappa shape index (κ1) is 35.6. The molecular formula is C40H46ClN5O4S. The Balaban J connectivity index is 1.29. The number of aliphatic carboxylic acids is 1. The molecule has 0 spiro atoms. The van der Waals surface area contributed by atoms with Crippen molar-refractivity contribution < 1.29 is 19.4 Å². The first-order chi connectivity index (χ1) is 24.2. The predicted molar refractivity (Wildman–Crippen MR) is 205 cm³/mol. The van der Waals surface area contributed by atoms with Gasteiger partial charge in [-0.1, -0.05) is 23.7 Å². The minimum absolute atomic E-state index is 0.159. The minimum atomic E-state index is -1.17. The van der Waals surface area contributed by atoms with Gasteiger partial charge in [0.2, 0.25) is 5.91 Å². The van der Waals surface area contributed by atoms with Crippen LogP contribution in [0.25, 0.3) is 42.8 Å². The SMILES string of the molecule is CC(=O)N1CC(N2CCC(c3nn(C(C)C)c4ccc(-c5nc6cc(C)c([C@H](OC(C)(C)C)C(=O)O)c(-c7ccc(Cl)cc7)c6s5)cc34)CC2)C1. The number of nitrogens with zero attached hydrogens (tertiary/aromatic N) is 5. The summed E-state index contributed by atoms with van der Waals surface area (Å²) in [6.07, 6.45) is 0.884. The third-order valence-electron chi connectivity index (χ3n) is 10.2. The number of aryl methyl sites for hydroxylation is 1. The quantitative estimate of drug-likeness (QED) is 0.170. The number of benzene rings is 3. The first-order valence-electron chi connectivity index (χ1n) is 17.8. The van der Waals surface area contributed by atoms with E-state index in [0.29, 0.717) is 22.5 Å². The largest absolute Gasteiger partial charge is 0.479 e. The lowest BCUT2D eigenvalue weighted by molar-refractivity contribution is -0.160. The number of fused-ring (bicyclic) bond motifs is 2. The summed E-state index contributed by atoms with van der Waals surface area (Å²) < 4.78 is 9.26. The van der Waals surface area contributed by atoms with E-state index >= 15 is 0 Å². The summed E-state index contributed by atoms with van der Waals surface area (Å²) in [5.41, 5.74) is 6.49. The van der Waals surface area contributed by atoms with Gasteiger partial charge in [-0.05, 0) is 115 Å². The van der Waals surface area contributed by atoms with Gasteiger partial charge in [-0.25, -0.2) is 9.78 Å². The number of carboxylic acid groups (broad SMARTS) is 1. The van der Waals surface area contributed by atoms with Crippen molar-refractivity contribution >= 4 is 55.9 Å². The molecule has 1 N–H and O–H groups in total. The molecule has 0 bridgehead atoms. The molecule has 1 atom stereocenters. The smallest absolute Gasteiger partial charge is 0.337 e. The highest BCUT2D eigenvalue weighted by atomic mass is 35.5. The van der Waals surface area contributed by atoms with Crippen LogP contribution in [-0.4, -0.2) is 79.4 Å². The van der Waals surface area contributed by atoms with Crippen molar-refractivity contribution in [3.05, 3.63) is 70.4 Å². The van der Waals surface area contributed by atoms with Crippen LogP contribution in [0, 0.1) is 6.92 Å². The highest BCUT2D eigenvalue weighted by molar-refractivity contribution is 7.22. The number of carbonyl (C=O) groups excluding carboxylic acids is 1. The number of thiazole rings is 1. The van der Waals surface area contributed by atoms with Gasteiger partial charge in [0, 0.05) is 65.1 Å². The van der Waals surface area contributed by atoms with Crippen molar-refractivity contribution in [3.8, 4) is 21.7 Å². The number of rotatable bonds is 8. The molecule has 5 aromatic rings. The summed E-state index contributed by atoms with van der Waals surface area (Å²) in [5, 5.41) is 18.3. The van der Waals surface area contributed by atoms with Crippen LogP contribution in [0.15, 0.2) is 48.5 Å². The number of piperidine rings is 1. The first-order valence-corrected chi connectivity index (χ1v) is 19.0. The van der Waals surface area contributed by atoms with E-state index in [2.05, 4.69) is 41.6 Å². The predicted octanol–water partition coefficient (Wildman–Crippen LogP) is 8.87. The van der Waals surface area contributed by atoms with Crippen molar-refractivity contribution in [2.75, 3.05) is 26.2 Å². The zero-order chi connectivity index (χ0) is 36.4. The van der Waals surface area contributed by atoms with E-state index in [4.69, 9.17) is 26.4 Å². The molecule has 9 nitrogen and oxygen atoms in total. The normalized spacial score (nSPS) is 17.1. The lowest BCUT2D eigenvalue weighted by atomic mass is 9.90. The second-order valence-corrected chi connectivity index (χ2v) is 16.8. The van der Waals surface area contributed by atoms with Crippen LogP contribution in [-0.2, 0) is 14.3 Å². The molecule has 11 heteroatoms. The fourth-order valence-electron chi connectivity index (χ4n) is 7.64. The molecule has 7 rings (SSSR count). The second kappa shape index (κ2) is 13.6. The number of amides is 1. The van der Waals surface area contributed by atoms with Crippen LogP contribution in [0.5, 0.6) is 0 Å². The zero-order valence-electron chi connectivity index (χ0n) is 30.4. The molecule has 0 saturated carbocycles. The number of aromatic nitrogens is 3. The van der Waals surface area contributed by atoms with E-state index in [1.165, 1.54) is 0 Å². The van der Waals surface area contributed by atoms with Crippen molar-refractivity contribution in [1.82, 2.24) is 24.6 Å². The molecule has 1 amide bonds. The monoisotopic (exact) mass is 727 g/mol. The number of ether oxygens (including phenoxy) is 1. The van der Waals surface area contributed by atoms with Gasteiger partial charge in [-0.15, -0.1) is 11.3 Å². The highest BCUT2D eigenvalue weighted by Gasteiger charge is 2.36. The van der Waals surface area contributed by atoms with Crippen LogP contribution in [0.1, 0.15) is 89.3 Å². The van der Waals surface area contributed by atoms with Crippen molar-refractivity contribution in [1.29, 1.82) is 0 Å². The van der Waals surface area contributed by atoms with E-state index in [1.54, 1.807) is 18.3 Å². The van der Waals surface area contributed by atoms with E-state index < -0.39 is 17.7 Å². The van der Waals surface area contributed by atoms with Gasteiger partial charge in [-0.3, -0.25) is 14.4 Å². The number of halogens is 1. The number of hydrogen-bond acceptors (Lipinski definition) is 7. The highest BCUT2D eigenvalue weighted by Crippen LogP contribution is 2.45.